The van der Waals surface area contributed by atoms with Crippen LogP contribution in [0.15, 0.2) is 53.1 Å². The van der Waals surface area contributed by atoms with Gasteiger partial charge in [0.2, 0.25) is 0 Å². The van der Waals surface area contributed by atoms with Gasteiger partial charge in [-0.1, -0.05) is 11.6 Å². The fraction of sp³-hybridized carbons (Fsp3) is 0.190. The number of amides is 1. The number of ether oxygens (including phenoxy) is 2. The topological polar surface area (TPSA) is 90.7 Å². The van der Waals surface area contributed by atoms with Gasteiger partial charge in [0.05, 0.1) is 24.8 Å². The van der Waals surface area contributed by atoms with E-state index < -0.39 is 18.5 Å². The molecule has 0 bridgehead atoms. The number of rotatable bonds is 8. The SMILES string of the molecule is COc1ccc(NC(=O)COC(=O)CCc2ncc(-c3ccc(F)cc3)o2)cc1Cl. The van der Waals surface area contributed by atoms with Gasteiger partial charge in [-0.05, 0) is 42.5 Å². The Morgan fingerprint density at radius 1 is 1.20 bits per heavy atom. The van der Waals surface area contributed by atoms with Gasteiger partial charge in [-0.2, -0.15) is 0 Å². The van der Waals surface area contributed by atoms with Crippen molar-refractivity contribution in [3.63, 3.8) is 0 Å². The molecule has 0 saturated carbocycles. The highest BCUT2D eigenvalue weighted by Gasteiger charge is 2.12. The third-order valence-corrected chi connectivity index (χ3v) is 4.32. The van der Waals surface area contributed by atoms with Crippen molar-refractivity contribution in [3.05, 3.63) is 65.4 Å². The van der Waals surface area contributed by atoms with Gasteiger partial charge in [0.1, 0.15) is 11.6 Å². The van der Waals surface area contributed by atoms with Crippen molar-refractivity contribution in [1.82, 2.24) is 4.98 Å². The molecule has 1 amide bonds. The van der Waals surface area contributed by atoms with E-state index in [1.807, 2.05) is 0 Å². The normalized spacial score (nSPS) is 10.5. The molecule has 9 heteroatoms. The van der Waals surface area contributed by atoms with Gasteiger partial charge in [0.15, 0.2) is 18.3 Å². The molecule has 1 N–H and O–H groups in total. The number of aromatic nitrogens is 1. The largest absolute Gasteiger partial charge is 0.495 e. The summed E-state index contributed by atoms with van der Waals surface area (Å²) < 4.78 is 28.5. The highest BCUT2D eigenvalue weighted by molar-refractivity contribution is 6.32. The van der Waals surface area contributed by atoms with Crippen molar-refractivity contribution >= 4 is 29.2 Å². The zero-order valence-corrected chi connectivity index (χ0v) is 16.7. The molecule has 0 aliphatic rings. The Morgan fingerprint density at radius 2 is 1.97 bits per heavy atom. The predicted molar refractivity (Wildman–Crippen MR) is 108 cm³/mol. The number of carbonyl (C=O) groups excluding carboxylic acids is 2. The van der Waals surface area contributed by atoms with Gasteiger partial charge in [0, 0.05) is 17.7 Å². The van der Waals surface area contributed by atoms with Crippen LogP contribution in [-0.4, -0.2) is 30.6 Å². The van der Waals surface area contributed by atoms with E-state index in [4.69, 9.17) is 25.5 Å². The molecule has 3 rings (SSSR count). The van der Waals surface area contributed by atoms with Gasteiger partial charge in [-0.25, -0.2) is 9.37 Å². The van der Waals surface area contributed by atoms with Crippen LogP contribution in [0.25, 0.3) is 11.3 Å². The molecule has 0 aliphatic carbocycles. The first-order chi connectivity index (χ1) is 14.4. The molecule has 1 heterocycles. The second kappa shape index (κ2) is 9.89. The maximum Gasteiger partial charge on any atom is 0.306 e. The number of esters is 1. The Hall–Kier alpha value is -3.39. The number of nitrogens with zero attached hydrogens (tertiary/aromatic N) is 1. The number of aryl methyl sites for hydroxylation is 1. The average molecular weight is 433 g/mol. The third-order valence-electron chi connectivity index (χ3n) is 4.03. The summed E-state index contributed by atoms with van der Waals surface area (Å²) in [6, 6.07) is 10.5. The number of carbonyl (C=O) groups is 2. The predicted octanol–water partition coefficient (Wildman–Crippen LogP) is 4.26. The summed E-state index contributed by atoms with van der Waals surface area (Å²) in [5.74, 6) is -0.131. The number of methoxy groups -OCH3 is 1. The van der Waals surface area contributed by atoms with Crippen LogP contribution >= 0.6 is 11.6 Å². The molecule has 2 aromatic carbocycles. The third kappa shape index (κ3) is 5.81. The Morgan fingerprint density at radius 3 is 2.67 bits per heavy atom. The molecular weight excluding hydrogens is 415 g/mol. The summed E-state index contributed by atoms with van der Waals surface area (Å²) in [5, 5.41) is 2.92. The van der Waals surface area contributed by atoms with E-state index in [2.05, 4.69) is 10.3 Å². The zero-order valence-electron chi connectivity index (χ0n) is 16.0. The lowest BCUT2D eigenvalue weighted by Crippen LogP contribution is -2.21. The zero-order chi connectivity index (χ0) is 21.5. The highest BCUT2D eigenvalue weighted by Crippen LogP contribution is 2.27. The average Bonchev–Trinajstić information content (AvgIpc) is 3.20. The monoisotopic (exact) mass is 432 g/mol. The van der Waals surface area contributed by atoms with Crippen LogP contribution in [-0.2, 0) is 20.7 Å². The lowest BCUT2D eigenvalue weighted by atomic mass is 10.2. The first kappa shape index (κ1) is 21.3. The number of hydrogen-bond acceptors (Lipinski definition) is 6. The maximum absolute atomic E-state index is 13.0. The second-order valence-electron chi connectivity index (χ2n) is 6.18. The molecule has 0 unspecified atom stereocenters. The van der Waals surface area contributed by atoms with Gasteiger partial charge < -0.3 is 19.2 Å². The fourth-order valence-corrected chi connectivity index (χ4v) is 2.80. The standard InChI is InChI=1S/C21H18ClFN2O5/c1-28-17-7-6-15(10-16(17)22)25-19(26)12-29-21(27)9-8-20-24-11-18(30-20)13-2-4-14(23)5-3-13/h2-7,10-11H,8-9,12H2,1H3,(H,25,26). The first-order valence-corrected chi connectivity index (χ1v) is 9.32. The van der Waals surface area contributed by atoms with E-state index in [-0.39, 0.29) is 18.7 Å². The van der Waals surface area contributed by atoms with Gasteiger partial charge in [-0.3, -0.25) is 9.59 Å². The van der Waals surface area contributed by atoms with Crippen LogP contribution in [0, 0.1) is 5.82 Å². The van der Waals surface area contributed by atoms with Crippen LogP contribution in [0.1, 0.15) is 12.3 Å². The van der Waals surface area contributed by atoms with Crippen molar-refractivity contribution in [1.29, 1.82) is 0 Å². The minimum Gasteiger partial charge on any atom is -0.495 e. The van der Waals surface area contributed by atoms with Crippen molar-refractivity contribution < 1.29 is 27.9 Å². The molecule has 0 fully saturated rings. The molecule has 156 valence electrons. The lowest BCUT2D eigenvalue weighted by Gasteiger charge is -2.08. The van der Waals surface area contributed by atoms with E-state index in [0.717, 1.165) is 0 Å². The molecule has 3 aromatic rings. The molecule has 30 heavy (non-hydrogen) atoms. The maximum atomic E-state index is 13.0. The summed E-state index contributed by atoms with van der Waals surface area (Å²) in [4.78, 5) is 27.9. The smallest absolute Gasteiger partial charge is 0.306 e. The van der Waals surface area contributed by atoms with Crippen LogP contribution in [0.3, 0.4) is 0 Å². The highest BCUT2D eigenvalue weighted by atomic mass is 35.5. The Kier molecular flexibility index (Phi) is 7.03. The fourth-order valence-electron chi connectivity index (χ4n) is 2.54. The van der Waals surface area contributed by atoms with E-state index in [9.17, 15) is 14.0 Å². The molecular formula is C21H18ClFN2O5. The summed E-state index contributed by atoms with van der Waals surface area (Å²) in [6.07, 6.45) is 1.70. The van der Waals surface area contributed by atoms with Gasteiger partial charge >= 0.3 is 5.97 Å². The first-order valence-electron chi connectivity index (χ1n) is 8.94. The van der Waals surface area contributed by atoms with Gasteiger partial charge in [-0.15, -0.1) is 0 Å². The minimum absolute atomic E-state index is 0.00891. The summed E-state index contributed by atoms with van der Waals surface area (Å²) in [6.45, 7) is -0.436. The number of hydrogen-bond donors (Lipinski definition) is 1. The quantitative estimate of drug-likeness (QED) is 0.535. The summed E-state index contributed by atoms with van der Waals surface area (Å²) >= 11 is 5.99. The molecule has 0 atom stereocenters. The number of benzene rings is 2. The van der Waals surface area contributed by atoms with Gasteiger partial charge in [0.25, 0.3) is 5.91 Å². The summed E-state index contributed by atoms with van der Waals surface area (Å²) in [5.41, 5.74) is 1.13. The van der Waals surface area contributed by atoms with Crippen molar-refractivity contribution in [2.45, 2.75) is 12.8 Å². The Labute approximate surface area is 176 Å². The van der Waals surface area contributed by atoms with Crippen molar-refractivity contribution in [2.75, 3.05) is 19.0 Å². The molecule has 0 saturated heterocycles. The van der Waals surface area contributed by atoms with E-state index in [1.165, 1.54) is 31.5 Å². The van der Waals surface area contributed by atoms with Crippen LogP contribution in [0.2, 0.25) is 5.02 Å². The molecule has 7 nitrogen and oxygen atoms in total. The summed E-state index contributed by atoms with van der Waals surface area (Å²) in [7, 11) is 1.49. The second-order valence-corrected chi connectivity index (χ2v) is 6.59. The van der Waals surface area contributed by atoms with Crippen molar-refractivity contribution in [2.24, 2.45) is 0 Å². The minimum atomic E-state index is -0.570. The van der Waals surface area contributed by atoms with E-state index in [0.29, 0.717) is 33.7 Å². The van der Waals surface area contributed by atoms with E-state index >= 15 is 0 Å². The van der Waals surface area contributed by atoms with E-state index in [1.54, 1.807) is 24.3 Å². The molecule has 1 aromatic heterocycles. The van der Waals surface area contributed by atoms with Crippen molar-refractivity contribution in [3.8, 4) is 17.1 Å². The molecule has 0 radical (unpaired) electrons. The molecule has 0 spiro atoms. The van der Waals surface area contributed by atoms with Crippen LogP contribution in [0.5, 0.6) is 5.75 Å². The Balaban J connectivity index is 1.43. The Bertz CT molecular complexity index is 1040. The number of anilines is 1. The number of halogens is 2. The number of nitrogens with one attached hydrogen (secondary N) is 1. The lowest BCUT2D eigenvalue weighted by molar-refractivity contribution is -0.147. The van der Waals surface area contributed by atoms with Crippen LogP contribution < -0.4 is 10.1 Å². The molecule has 0 aliphatic heterocycles. The van der Waals surface area contributed by atoms with Crippen LogP contribution in [0.4, 0.5) is 10.1 Å². The number of oxazole rings is 1.